The summed E-state index contributed by atoms with van der Waals surface area (Å²) in [5.41, 5.74) is 1.26. The zero-order chi connectivity index (χ0) is 13.2. The second kappa shape index (κ2) is 9.11. The number of nitrogens with zero attached hydrogens (tertiary/aromatic N) is 2. The third kappa shape index (κ3) is 6.17. The monoisotopic (exact) mass is 253 g/mol. The fraction of sp³-hybridized carbons (Fsp3) is 0.786. The predicted molar refractivity (Wildman–Crippen MR) is 74.5 cm³/mol. The molecule has 1 rings (SSSR count). The van der Waals surface area contributed by atoms with Gasteiger partial charge in [-0.25, -0.2) is 4.98 Å². The summed E-state index contributed by atoms with van der Waals surface area (Å²) >= 11 is 0. The summed E-state index contributed by atoms with van der Waals surface area (Å²) in [7, 11) is 1.72. The molecule has 104 valence electrons. The lowest BCUT2D eigenvalue weighted by Crippen LogP contribution is -2.20. The zero-order valence-corrected chi connectivity index (χ0v) is 12.0. The van der Waals surface area contributed by atoms with Crippen LogP contribution >= 0.6 is 0 Å². The van der Waals surface area contributed by atoms with E-state index in [9.17, 15) is 0 Å². The number of methoxy groups -OCH3 is 1. The first-order valence-corrected chi connectivity index (χ1v) is 6.92. The summed E-state index contributed by atoms with van der Waals surface area (Å²) in [6.07, 6.45) is 7.73. The third-order valence-corrected chi connectivity index (χ3v) is 3.02. The molecule has 0 bridgehead atoms. The van der Waals surface area contributed by atoms with Gasteiger partial charge in [-0.05, 0) is 12.3 Å². The Morgan fingerprint density at radius 3 is 2.94 bits per heavy atom. The molecule has 4 nitrogen and oxygen atoms in total. The average molecular weight is 253 g/mol. The first-order chi connectivity index (χ1) is 8.74. The Hall–Kier alpha value is -0.870. The SMILES string of the molecule is COCCNCc1cncn1CCCCC(C)C. The van der Waals surface area contributed by atoms with Crippen LogP contribution in [0, 0.1) is 5.92 Å². The molecule has 0 aromatic carbocycles. The van der Waals surface area contributed by atoms with Crippen LogP contribution in [0.3, 0.4) is 0 Å². The topological polar surface area (TPSA) is 39.1 Å². The van der Waals surface area contributed by atoms with Crippen LogP contribution in [-0.4, -0.2) is 29.8 Å². The molecule has 0 amide bonds. The zero-order valence-electron chi connectivity index (χ0n) is 12.0. The van der Waals surface area contributed by atoms with Crippen LogP contribution < -0.4 is 5.32 Å². The van der Waals surface area contributed by atoms with Gasteiger partial charge < -0.3 is 14.6 Å². The Morgan fingerprint density at radius 2 is 2.22 bits per heavy atom. The molecule has 0 spiro atoms. The van der Waals surface area contributed by atoms with Gasteiger partial charge in [0.05, 0.1) is 18.6 Å². The number of hydrogen-bond donors (Lipinski definition) is 1. The van der Waals surface area contributed by atoms with Crippen molar-refractivity contribution in [3.8, 4) is 0 Å². The standard InChI is InChI=1S/C14H27N3O/c1-13(2)6-4-5-8-17-12-16-11-14(17)10-15-7-9-18-3/h11-13,15H,4-10H2,1-3H3. The van der Waals surface area contributed by atoms with Crippen molar-refractivity contribution in [2.45, 2.75) is 46.2 Å². The van der Waals surface area contributed by atoms with Gasteiger partial charge in [0.1, 0.15) is 0 Å². The normalized spacial score (nSPS) is 11.3. The molecule has 1 aromatic heterocycles. The highest BCUT2D eigenvalue weighted by Crippen LogP contribution is 2.08. The van der Waals surface area contributed by atoms with Crippen molar-refractivity contribution in [3.63, 3.8) is 0 Å². The molecule has 18 heavy (non-hydrogen) atoms. The second-order valence-electron chi connectivity index (χ2n) is 5.14. The molecule has 1 N–H and O–H groups in total. The van der Waals surface area contributed by atoms with Gasteiger partial charge in [-0.15, -0.1) is 0 Å². The molecule has 0 radical (unpaired) electrons. The molecule has 0 aliphatic rings. The quantitative estimate of drug-likeness (QED) is 0.651. The summed E-state index contributed by atoms with van der Waals surface area (Å²) in [5, 5.41) is 3.35. The summed E-state index contributed by atoms with van der Waals surface area (Å²) in [6.45, 7) is 8.14. The van der Waals surface area contributed by atoms with Gasteiger partial charge >= 0.3 is 0 Å². The minimum atomic E-state index is 0.753. The van der Waals surface area contributed by atoms with Gasteiger partial charge in [-0.2, -0.15) is 0 Å². The van der Waals surface area contributed by atoms with Gasteiger partial charge in [0, 0.05) is 32.9 Å². The van der Waals surface area contributed by atoms with Gasteiger partial charge in [0.2, 0.25) is 0 Å². The lowest BCUT2D eigenvalue weighted by Gasteiger charge is -2.09. The molecule has 4 heteroatoms. The Morgan fingerprint density at radius 1 is 1.39 bits per heavy atom. The highest BCUT2D eigenvalue weighted by atomic mass is 16.5. The van der Waals surface area contributed by atoms with E-state index < -0.39 is 0 Å². The Bertz CT molecular complexity index is 310. The summed E-state index contributed by atoms with van der Waals surface area (Å²) in [4.78, 5) is 4.23. The van der Waals surface area contributed by atoms with Crippen LogP contribution in [0.25, 0.3) is 0 Å². The molecule has 0 fully saturated rings. The molecule has 1 aromatic rings. The first-order valence-electron chi connectivity index (χ1n) is 6.92. The number of aryl methyl sites for hydroxylation is 1. The van der Waals surface area contributed by atoms with Gasteiger partial charge in [-0.3, -0.25) is 0 Å². The maximum atomic E-state index is 5.01. The lowest BCUT2D eigenvalue weighted by molar-refractivity contribution is 0.199. The van der Waals surface area contributed by atoms with Crippen LogP contribution in [-0.2, 0) is 17.8 Å². The lowest BCUT2D eigenvalue weighted by atomic mass is 10.1. The average Bonchev–Trinajstić information content (AvgIpc) is 2.78. The van der Waals surface area contributed by atoms with Crippen LogP contribution in [0.4, 0.5) is 0 Å². The largest absolute Gasteiger partial charge is 0.383 e. The smallest absolute Gasteiger partial charge is 0.0948 e. The molecule has 0 atom stereocenters. The number of rotatable bonds is 10. The van der Waals surface area contributed by atoms with Crippen molar-refractivity contribution in [1.29, 1.82) is 0 Å². The minimum absolute atomic E-state index is 0.753. The predicted octanol–water partition coefficient (Wildman–Crippen LogP) is 2.45. The summed E-state index contributed by atoms with van der Waals surface area (Å²) in [5.74, 6) is 0.808. The molecule has 0 aliphatic carbocycles. The van der Waals surface area contributed by atoms with E-state index >= 15 is 0 Å². The summed E-state index contributed by atoms with van der Waals surface area (Å²) in [6, 6.07) is 0. The van der Waals surface area contributed by atoms with Crippen LogP contribution in [0.1, 0.15) is 38.8 Å². The highest BCUT2D eigenvalue weighted by Gasteiger charge is 2.01. The van der Waals surface area contributed by atoms with E-state index in [2.05, 4.69) is 28.7 Å². The number of nitrogens with one attached hydrogen (secondary N) is 1. The van der Waals surface area contributed by atoms with Crippen LogP contribution in [0.2, 0.25) is 0 Å². The maximum Gasteiger partial charge on any atom is 0.0948 e. The maximum absolute atomic E-state index is 5.01. The minimum Gasteiger partial charge on any atom is -0.383 e. The third-order valence-electron chi connectivity index (χ3n) is 3.02. The van der Waals surface area contributed by atoms with Gasteiger partial charge in [0.25, 0.3) is 0 Å². The molecule has 0 aliphatic heterocycles. The van der Waals surface area contributed by atoms with Crippen molar-refractivity contribution in [2.24, 2.45) is 5.92 Å². The Balaban J connectivity index is 2.22. The van der Waals surface area contributed by atoms with E-state index in [1.165, 1.54) is 25.0 Å². The molecule has 0 saturated carbocycles. The number of ether oxygens (including phenoxy) is 1. The van der Waals surface area contributed by atoms with Gasteiger partial charge in [0.15, 0.2) is 0 Å². The Labute approximate surface area is 111 Å². The van der Waals surface area contributed by atoms with E-state index in [1.54, 1.807) is 7.11 Å². The van der Waals surface area contributed by atoms with Crippen molar-refractivity contribution >= 4 is 0 Å². The first kappa shape index (κ1) is 15.2. The highest BCUT2D eigenvalue weighted by molar-refractivity contribution is 4.97. The van der Waals surface area contributed by atoms with Crippen molar-refractivity contribution in [2.75, 3.05) is 20.3 Å². The molecule has 0 unspecified atom stereocenters. The number of unbranched alkanes of at least 4 members (excludes halogenated alkanes) is 1. The van der Waals surface area contributed by atoms with E-state index in [0.717, 1.165) is 32.2 Å². The Kier molecular flexibility index (Phi) is 7.69. The van der Waals surface area contributed by atoms with E-state index in [-0.39, 0.29) is 0 Å². The van der Waals surface area contributed by atoms with Gasteiger partial charge in [-0.1, -0.05) is 26.7 Å². The van der Waals surface area contributed by atoms with Crippen molar-refractivity contribution < 1.29 is 4.74 Å². The van der Waals surface area contributed by atoms with Crippen molar-refractivity contribution in [1.82, 2.24) is 14.9 Å². The number of imidazole rings is 1. The molecular formula is C14H27N3O. The molecule has 0 saturated heterocycles. The van der Waals surface area contributed by atoms with E-state index in [4.69, 9.17) is 4.74 Å². The van der Waals surface area contributed by atoms with Crippen LogP contribution in [0.15, 0.2) is 12.5 Å². The van der Waals surface area contributed by atoms with Crippen molar-refractivity contribution in [3.05, 3.63) is 18.2 Å². The number of hydrogen-bond acceptors (Lipinski definition) is 3. The number of aromatic nitrogens is 2. The molecule has 1 heterocycles. The van der Waals surface area contributed by atoms with E-state index in [0.29, 0.717) is 0 Å². The summed E-state index contributed by atoms with van der Waals surface area (Å²) < 4.78 is 7.26. The van der Waals surface area contributed by atoms with Crippen LogP contribution in [0.5, 0.6) is 0 Å². The fourth-order valence-corrected chi connectivity index (χ4v) is 1.92. The van der Waals surface area contributed by atoms with E-state index in [1.807, 2.05) is 12.5 Å². The fourth-order valence-electron chi connectivity index (χ4n) is 1.92. The molecular weight excluding hydrogens is 226 g/mol. The second-order valence-corrected chi connectivity index (χ2v) is 5.14.